The summed E-state index contributed by atoms with van der Waals surface area (Å²) >= 11 is 1.26. The first-order chi connectivity index (χ1) is 15.5. The minimum atomic E-state index is -3.66. The predicted molar refractivity (Wildman–Crippen MR) is 116 cm³/mol. The van der Waals surface area contributed by atoms with Crippen molar-refractivity contribution in [2.45, 2.75) is 11.3 Å². The average Bonchev–Trinajstić information content (AvgIpc) is 3.46. The molecule has 32 heavy (non-hydrogen) atoms. The highest BCUT2D eigenvalue weighted by atomic mass is 32.2. The molecule has 2 aromatic carbocycles. The monoisotopic (exact) mass is 474 g/mol. The van der Waals surface area contributed by atoms with E-state index in [1.807, 2.05) is 12.1 Å². The van der Waals surface area contributed by atoms with Crippen molar-refractivity contribution in [2.24, 2.45) is 0 Å². The van der Waals surface area contributed by atoms with E-state index < -0.39 is 15.7 Å². The van der Waals surface area contributed by atoms with Gasteiger partial charge in [0.15, 0.2) is 38.0 Å². The number of rotatable bonds is 6. The third-order valence-corrected chi connectivity index (χ3v) is 7.36. The van der Waals surface area contributed by atoms with E-state index >= 15 is 0 Å². The second kappa shape index (κ2) is 8.32. The summed E-state index contributed by atoms with van der Waals surface area (Å²) in [7, 11) is -3.66. The highest BCUT2D eigenvalue weighted by Crippen LogP contribution is 2.36. The van der Waals surface area contributed by atoms with Gasteiger partial charge in [0, 0.05) is 23.4 Å². The van der Waals surface area contributed by atoms with Crippen LogP contribution in [0.2, 0.25) is 0 Å². The fourth-order valence-electron chi connectivity index (χ4n) is 3.26. The highest BCUT2D eigenvalue weighted by Gasteiger charge is 2.21. The Labute approximate surface area is 187 Å². The molecular formula is C21H18N2O7S2. The molecule has 0 unspecified atom stereocenters. The summed E-state index contributed by atoms with van der Waals surface area (Å²) in [5.41, 5.74) is 1.50. The Hall–Kier alpha value is -3.31. The Morgan fingerprint density at radius 2 is 1.69 bits per heavy atom. The molecule has 0 saturated heterocycles. The first kappa shape index (κ1) is 20.6. The minimum absolute atomic E-state index is 0.0916. The SMILES string of the molecule is O=C(CCS(=O)(=O)c1ccc2c(c1)OCCO2)Nc1nc(-c2ccc3c(c2)OCO3)cs1. The number of hydrogen-bond acceptors (Lipinski definition) is 9. The van der Waals surface area contributed by atoms with Gasteiger partial charge < -0.3 is 24.3 Å². The van der Waals surface area contributed by atoms with E-state index in [4.69, 9.17) is 18.9 Å². The average molecular weight is 475 g/mol. The number of carbonyl (C=O) groups is 1. The molecular weight excluding hydrogens is 456 g/mol. The van der Waals surface area contributed by atoms with Crippen molar-refractivity contribution in [3.8, 4) is 34.3 Å². The first-order valence-corrected chi connectivity index (χ1v) is 12.3. The lowest BCUT2D eigenvalue weighted by molar-refractivity contribution is -0.115. The number of nitrogens with one attached hydrogen (secondary N) is 1. The fraction of sp³-hybridized carbons (Fsp3) is 0.238. The van der Waals surface area contributed by atoms with E-state index in [1.165, 1.54) is 23.5 Å². The molecule has 0 atom stereocenters. The van der Waals surface area contributed by atoms with E-state index in [2.05, 4.69) is 10.3 Å². The number of fused-ring (bicyclic) bond motifs is 2. The van der Waals surface area contributed by atoms with Crippen LogP contribution in [0.5, 0.6) is 23.0 Å². The molecule has 2 aliphatic rings. The molecule has 2 aliphatic heterocycles. The predicted octanol–water partition coefficient (Wildman–Crippen LogP) is 3.11. The number of carbonyl (C=O) groups excluding carboxylic acids is 1. The van der Waals surface area contributed by atoms with Crippen molar-refractivity contribution in [1.29, 1.82) is 0 Å². The molecule has 3 aromatic rings. The van der Waals surface area contributed by atoms with Gasteiger partial charge in [0.2, 0.25) is 12.7 Å². The van der Waals surface area contributed by atoms with Gasteiger partial charge in [-0.15, -0.1) is 11.3 Å². The van der Waals surface area contributed by atoms with Gasteiger partial charge in [-0.2, -0.15) is 0 Å². The summed E-state index contributed by atoms with van der Waals surface area (Å²) in [6, 6.07) is 9.93. The van der Waals surface area contributed by atoms with Gasteiger partial charge in [-0.05, 0) is 30.3 Å². The summed E-state index contributed by atoms with van der Waals surface area (Å²) in [6.07, 6.45) is -0.199. The van der Waals surface area contributed by atoms with E-state index in [0.717, 1.165) is 5.56 Å². The van der Waals surface area contributed by atoms with Gasteiger partial charge in [-0.1, -0.05) is 0 Å². The molecule has 11 heteroatoms. The Kier molecular flexibility index (Phi) is 5.35. The number of benzene rings is 2. The van der Waals surface area contributed by atoms with Crippen LogP contribution in [0.15, 0.2) is 46.7 Å². The van der Waals surface area contributed by atoms with Gasteiger partial charge in [-0.25, -0.2) is 13.4 Å². The first-order valence-electron chi connectivity index (χ1n) is 9.76. The fourth-order valence-corrected chi connectivity index (χ4v) is 5.25. The molecule has 1 N–H and O–H groups in total. The molecule has 166 valence electrons. The molecule has 9 nitrogen and oxygen atoms in total. The Balaban J connectivity index is 1.21. The van der Waals surface area contributed by atoms with Crippen LogP contribution in [-0.2, 0) is 14.6 Å². The Morgan fingerprint density at radius 3 is 2.56 bits per heavy atom. The summed E-state index contributed by atoms with van der Waals surface area (Å²) in [6.45, 7) is 0.972. The quantitative estimate of drug-likeness (QED) is 0.580. The highest BCUT2D eigenvalue weighted by molar-refractivity contribution is 7.91. The maximum atomic E-state index is 12.6. The summed E-state index contributed by atoms with van der Waals surface area (Å²) in [4.78, 5) is 16.8. The molecule has 0 bridgehead atoms. The van der Waals surface area contributed by atoms with Crippen molar-refractivity contribution in [1.82, 2.24) is 4.98 Å². The zero-order valence-corrected chi connectivity index (χ0v) is 18.3. The molecule has 1 amide bonds. The Morgan fingerprint density at radius 1 is 0.969 bits per heavy atom. The summed E-state index contributed by atoms with van der Waals surface area (Å²) < 4.78 is 46.8. The van der Waals surface area contributed by atoms with Gasteiger partial charge in [0.1, 0.15) is 13.2 Å². The lowest BCUT2D eigenvalue weighted by Gasteiger charge is -2.18. The summed E-state index contributed by atoms with van der Waals surface area (Å²) in [5, 5.41) is 4.85. The Bertz CT molecular complexity index is 1290. The summed E-state index contributed by atoms with van der Waals surface area (Å²) in [5.74, 6) is 1.45. The van der Waals surface area contributed by atoms with Crippen molar-refractivity contribution >= 4 is 32.2 Å². The number of aromatic nitrogens is 1. The van der Waals surface area contributed by atoms with Crippen LogP contribution in [0.3, 0.4) is 0 Å². The van der Waals surface area contributed by atoms with Crippen molar-refractivity contribution in [3.05, 3.63) is 41.8 Å². The van der Waals surface area contributed by atoms with E-state index in [1.54, 1.807) is 17.5 Å². The van der Waals surface area contributed by atoms with Crippen molar-refractivity contribution < 1.29 is 32.2 Å². The molecule has 0 aliphatic carbocycles. The minimum Gasteiger partial charge on any atom is -0.486 e. The van der Waals surface area contributed by atoms with Crippen LogP contribution in [0, 0.1) is 0 Å². The number of sulfone groups is 1. The third kappa shape index (κ3) is 4.21. The maximum Gasteiger partial charge on any atom is 0.231 e. The third-order valence-electron chi connectivity index (χ3n) is 4.89. The van der Waals surface area contributed by atoms with Crippen LogP contribution in [-0.4, -0.2) is 45.1 Å². The number of hydrogen-bond donors (Lipinski definition) is 1. The normalized spacial score (nSPS) is 14.2. The molecule has 0 fully saturated rings. The van der Waals surface area contributed by atoms with Gasteiger partial charge >= 0.3 is 0 Å². The van der Waals surface area contributed by atoms with E-state index in [-0.39, 0.29) is 23.9 Å². The van der Waals surface area contributed by atoms with E-state index in [0.29, 0.717) is 47.0 Å². The topological polar surface area (TPSA) is 113 Å². The smallest absolute Gasteiger partial charge is 0.231 e. The maximum absolute atomic E-state index is 12.6. The zero-order valence-electron chi connectivity index (χ0n) is 16.7. The van der Waals surface area contributed by atoms with Gasteiger partial charge in [0.25, 0.3) is 0 Å². The van der Waals surface area contributed by atoms with Gasteiger partial charge in [-0.3, -0.25) is 4.79 Å². The molecule has 3 heterocycles. The van der Waals surface area contributed by atoms with Crippen LogP contribution in [0.4, 0.5) is 5.13 Å². The number of anilines is 1. The molecule has 0 spiro atoms. The molecule has 1 aromatic heterocycles. The second-order valence-electron chi connectivity index (χ2n) is 7.03. The van der Waals surface area contributed by atoms with Crippen LogP contribution >= 0.6 is 11.3 Å². The lowest BCUT2D eigenvalue weighted by Crippen LogP contribution is -2.18. The second-order valence-corrected chi connectivity index (χ2v) is 10.00. The molecule has 0 saturated carbocycles. The van der Waals surface area contributed by atoms with Crippen molar-refractivity contribution in [2.75, 3.05) is 31.1 Å². The number of thiazole rings is 1. The van der Waals surface area contributed by atoms with Crippen LogP contribution in [0.1, 0.15) is 6.42 Å². The number of amides is 1. The lowest BCUT2D eigenvalue weighted by atomic mass is 10.1. The van der Waals surface area contributed by atoms with Crippen LogP contribution in [0.25, 0.3) is 11.3 Å². The van der Waals surface area contributed by atoms with E-state index in [9.17, 15) is 13.2 Å². The van der Waals surface area contributed by atoms with Crippen LogP contribution < -0.4 is 24.3 Å². The number of ether oxygens (including phenoxy) is 4. The molecule has 5 rings (SSSR count). The van der Waals surface area contributed by atoms with Gasteiger partial charge in [0.05, 0.1) is 16.3 Å². The standard InChI is InChI=1S/C21H18N2O7S2/c24-20(5-8-32(25,26)14-2-4-16-19(10-14)28-7-6-27-16)23-21-22-15(11-31-21)13-1-3-17-18(9-13)30-12-29-17/h1-4,9-11H,5-8,12H2,(H,22,23,24). The largest absolute Gasteiger partial charge is 0.486 e. The molecule has 0 radical (unpaired) electrons. The zero-order chi connectivity index (χ0) is 22.1. The number of nitrogens with zero attached hydrogens (tertiary/aromatic N) is 1. The van der Waals surface area contributed by atoms with Crippen molar-refractivity contribution in [3.63, 3.8) is 0 Å².